The van der Waals surface area contributed by atoms with Gasteiger partial charge in [-0.3, -0.25) is 4.90 Å². The summed E-state index contributed by atoms with van der Waals surface area (Å²) in [5.74, 6) is 0.802. The van der Waals surface area contributed by atoms with E-state index in [-0.39, 0.29) is 0 Å². The Morgan fingerprint density at radius 2 is 1.59 bits per heavy atom. The Kier molecular flexibility index (Phi) is 5.02. The molecule has 5 rings (SSSR count). The average molecular weight is 404 g/mol. The average Bonchev–Trinajstić information content (AvgIpc) is 3.46. The van der Waals surface area contributed by atoms with Crippen LogP contribution in [0.15, 0.2) is 66.0 Å². The molecule has 0 spiro atoms. The first-order valence-corrected chi connectivity index (χ1v) is 10.6. The van der Waals surface area contributed by atoms with E-state index in [1.807, 2.05) is 41.1 Å². The lowest BCUT2D eigenvalue weighted by Crippen LogP contribution is -2.46. The first kappa shape index (κ1) is 18.0. The van der Waals surface area contributed by atoms with Gasteiger partial charge in [-0.2, -0.15) is 4.68 Å². The molecule has 2 aromatic carbocycles. The van der Waals surface area contributed by atoms with Crippen LogP contribution in [-0.4, -0.2) is 56.3 Å². The Morgan fingerprint density at radius 1 is 0.862 bits per heavy atom. The number of para-hydroxylation sites is 1. The molecule has 0 unspecified atom stereocenters. The summed E-state index contributed by atoms with van der Waals surface area (Å²) in [6.07, 6.45) is 0. The van der Waals surface area contributed by atoms with Gasteiger partial charge in [0, 0.05) is 43.7 Å². The van der Waals surface area contributed by atoms with Gasteiger partial charge in [-0.25, -0.2) is 4.98 Å². The highest BCUT2D eigenvalue weighted by molar-refractivity contribution is 7.13. The molecule has 7 nitrogen and oxygen atoms in total. The quantitative estimate of drug-likeness (QED) is 0.510. The van der Waals surface area contributed by atoms with E-state index < -0.39 is 0 Å². The minimum Gasteiger partial charge on any atom is -0.337 e. The van der Waals surface area contributed by atoms with Gasteiger partial charge in [-0.15, -0.1) is 11.3 Å². The minimum absolute atomic E-state index is 0.802. The molecule has 0 bridgehead atoms. The molecular weight excluding hydrogens is 382 g/mol. The monoisotopic (exact) mass is 403 g/mol. The first-order valence-electron chi connectivity index (χ1n) is 9.68. The number of benzene rings is 2. The molecule has 8 heteroatoms. The van der Waals surface area contributed by atoms with Crippen LogP contribution in [0.2, 0.25) is 0 Å². The molecule has 29 heavy (non-hydrogen) atoms. The molecule has 0 N–H and O–H groups in total. The summed E-state index contributed by atoms with van der Waals surface area (Å²) in [4.78, 5) is 9.52. The van der Waals surface area contributed by atoms with Crippen LogP contribution in [-0.2, 0) is 6.54 Å². The highest BCUT2D eigenvalue weighted by Crippen LogP contribution is 2.24. The normalized spacial score (nSPS) is 15.0. The summed E-state index contributed by atoms with van der Waals surface area (Å²) in [6, 6.07) is 20.4. The zero-order valence-electron chi connectivity index (χ0n) is 15.9. The molecule has 0 aliphatic carbocycles. The molecule has 4 aromatic rings. The molecule has 1 fully saturated rings. The summed E-state index contributed by atoms with van der Waals surface area (Å²) < 4.78 is 1.81. The highest BCUT2D eigenvalue weighted by Gasteiger charge is 2.22. The van der Waals surface area contributed by atoms with E-state index in [2.05, 4.69) is 55.0 Å². The van der Waals surface area contributed by atoms with Gasteiger partial charge in [0.1, 0.15) is 5.01 Å². The van der Waals surface area contributed by atoms with Gasteiger partial charge in [-0.1, -0.05) is 53.6 Å². The predicted molar refractivity (Wildman–Crippen MR) is 114 cm³/mol. The maximum Gasteiger partial charge on any atom is 0.250 e. The smallest absolute Gasteiger partial charge is 0.250 e. The molecule has 0 atom stereocenters. The first-order chi connectivity index (χ1) is 14.4. The summed E-state index contributed by atoms with van der Waals surface area (Å²) in [7, 11) is 0. The van der Waals surface area contributed by atoms with Crippen LogP contribution in [0.3, 0.4) is 0 Å². The lowest BCUT2D eigenvalue weighted by Gasteiger charge is -2.34. The van der Waals surface area contributed by atoms with Gasteiger partial charge in [0.05, 0.1) is 11.4 Å². The van der Waals surface area contributed by atoms with Crippen molar-refractivity contribution in [1.82, 2.24) is 30.1 Å². The number of aromatic nitrogens is 5. The topological polar surface area (TPSA) is 63.0 Å². The molecule has 1 aliphatic heterocycles. The molecular formula is C21H21N7S. The van der Waals surface area contributed by atoms with Gasteiger partial charge in [0.25, 0.3) is 0 Å². The Bertz CT molecular complexity index is 1050. The SMILES string of the molecule is c1ccc(-c2nc(CN3CCN(c4nnnn4-c4ccccc4)CC3)cs2)cc1. The number of nitrogens with zero attached hydrogens (tertiary/aromatic N) is 7. The highest BCUT2D eigenvalue weighted by atomic mass is 32.1. The molecule has 0 saturated carbocycles. The maximum absolute atomic E-state index is 4.82. The largest absolute Gasteiger partial charge is 0.337 e. The summed E-state index contributed by atoms with van der Waals surface area (Å²) in [5.41, 5.74) is 3.29. The molecule has 0 amide bonds. The van der Waals surface area contributed by atoms with Gasteiger partial charge in [0.15, 0.2) is 0 Å². The van der Waals surface area contributed by atoms with Gasteiger partial charge < -0.3 is 4.90 Å². The maximum atomic E-state index is 4.82. The lowest BCUT2D eigenvalue weighted by atomic mass is 10.2. The van der Waals surface area contributed by atoms with Gasteiger partial charge in [-0.05, 0) is 22.6 Å². The molecule has 146 valence electrons. The second kappa shape index (κ2) is 8.10. The van der Waals surface area contributed by atoms with Crippen molar-refractivity contribution in [3.05, 3.63) is 71.7 Å². The van der Waals surface area contributed by atoms with Crippen molar-refractivity contribution in [1.29, 1.82) is 0 Å². The Labute approximate surface area is 173 Å². The van der Waals surface area contributed by atoms with Crippen LogP contribution in [0.25, 0.3) is 16.3 Å². The fraction of sp³-hybridized carbons (Fsp3) is 0.238. The van der Waals surface area contributed by atoms with E-state index in [4.69, 9.17) is 4.98 Å². The number of thiazole rings is 1. The molecule has 0 radical (unpaired) electrons. The van der Waals surface area contributed by atoms with Crippen LogP contribution in [0.5, 0.6) is 0 Å². The van der Waals surface area contributed by atoms with Crippen molar-refractivity contribution in [2.45, 2.75) is 6.54 Å². The zero-order chi connectivity index (χ0) is 19.5. The third-order valence-electron chi connectivity index (χ3n) is 5.07. The number of rotatable bonds is 5. The van der Waals surface area contributed by atoms with Crippen molar-refractivity contribution in [3.8, 4) is 16.3 Å². The third-order valence-corrected chi connectivity index (χ3v) is 6.01. The second-order valence-corrected chi connectivity index (χ2v) is 7.86. The van der Waals surface area contributed by atoms with Crippen LogP contribution < -0.4 is 4.90 Å². The number of anilines is 1. The Hall–Kier alpha value is -3.10. The van der Waals surface area contributed by atoms with E-state index in [0.717, 1.165) is 55.1 Å². The third kappa shape index (κ3) is 3.90. The van der Waals surface area contributed by atoms with Crippen molar-refractivity contribution in [2.24, 2.45) is 0 Å². The van der Waals surface area contributed by atoms with E-state index >= 15 is 0 Å². The Balaban J connectivity index is 1.22. The van der Waals surface area contributed by atoms with Crippen LogP contribution in [0, 0.1) is 0 Å². The predicted octanol–water partition coefficient (Wildman–Crippen LogP) is 3.11. The van der Waals surface area contributed by atoms with E-state index in [0.29, 0.717) is 0 Å². The van der Waals surface area contributed by atoms with E-state index in [9.17, 15) is 0 Å². The zero-order valence-corrected chi connectivity index (χ0v) is 16.7. The van der Waals surface area contributed by atoms with Crippen LogP contribution in [0.4, 0.5) is 5.95 Å². The van der Waals surface area contributed by atoms with Crippen molar-refractivity contribution in [2.75, 3.05) is 31.1 Å². The van der Waals surface area contributed by atoms with E-state index in [1.165, 1.54) is 5.56 Å². The fourth-order valence-corrected chi connectivity index (χ4v) is 4.36. The molecule has 1 saturated heterocycles. The lowest BCUT2D eigenvalue weighted by molar-refractivity contribution is 0.246. The molecule has 1 aliphatic rings. The van der Waals surface area contributed by atoms with E-state index in [1.54, 1.807) is 11.3 Å². The minimum atomic E-state index is 0.802. The van der Waals surface area contributed by atoms with Gasteiger partial charge in [0.2, 0.25) is 5.95 Å². The summed E-state index contributed by atoms with van der Waals surface area (Å²) in [6.45, 7) is 4.58. The summed E-state index contributed by atoms with van der Waals surface area (Å²) in [5, 5.41) is 15.6. The summed E-state index contributed by atoms with van der Waals surface area (Å²) >= 11 is 1.71. The number of piperazine rings is 1. The van der Waals surface area contributed by atoms with Crippen LogP contribution in [0.1, 0.15) is 5.69 Å². The Morgan fingerprint density at radius 3 is 2.34 bits per heavy atom. The number of hydrogen-bond acceptors (Lipinski definition) is 7. The van der Waals surface area contributed by atoms with Crippen LogP contribution >= 0.6 is 11.3 Å². The van der Waals surface area contributed by atoms with Crippen molar-refractivity contribution >= 4 is 17.3 Å². The fourth-order valence-electron chi connectivity index (χ4n) is 3.54. The standard InChI is InChI=1S/C21H21N7S/c1-3-7-17(8-4-1)20-22-18(16-29-20)15-26-11-13-27(14-12-26)21-23-24-25-28(21)19-9-5-2-6-10-19/h1-10,16H,11-15H2. The van der Waals surface area contributed by atoms with Crippen molar-refractivity contribution in [3.63, 3.8) is 0 Å². The van der Waals surface area contributed by atoms with Crippen molar-refractivity contribution < 1.29 is 0 Å². The molecule has 3 heterocycles. The number of tetrazole rings is 1. The second-order valence-electron chi connectivity index (χ2n) is 7.00. The molecule has 2 aromatic heterocycles. The number of hydrogen-bond donors (Lipinski definition) is 0. The van der Waals surface area contributed by atoms with Gasteiger partial charge >= 0.3 is 0 Å².